The van der Waals surface area contributed by atoms with Gasteiger partial charge < -0.3 is 4.90 Å². The number of anilines is 2. The van der Waals surface area contributed by atoms with Crippen LogP contribution in [0.2, 0.25) is 0 Å². The maximum absolute atomic E-state index is 12.2. The fraction of sp³-hybridized carbons (Fsp3) is 0.364. The van der Waals surface area contributed by atoms with Gasteiger partial charge in [-0.15, -0.1) is 0 Å². The molecular formula is C11H15N3O3S. The van der Waals surface area contributed by atoms with Gasteiger partial charge in [0.1, 0.15) is 6.54 Å². The number of likely N-dealkylation sites (N-methyl/N-ethyl adjacent to an activating group) is 1. The third-order valence-corrected chi connectivity index (χ3v) is 4.71. The molecule has 1 aromatic carbocycles. The zero-order valence-electron chi connectivity index (χ0n) is 10.5. The molecule has 18 heavy (non-hydrogen) atoms. The zero-order valence-corrected chi connectivity index (χ0v) is 11.3. The van der Waals surface area contributed by atoms with Crippen LogP contribution in [0.4, 0.5) is 11.4 Å². The number of hydrogen-bond donors (Lipinski definition) is 0. The largest absolute Gasteiger partial charge is 0.312 e. The van der Waals surface area contributed by atoms with E-state index in [4.69, 9.17) is 0 Å². The first-order valence-electron chi connectivity index (χ1n) is 5.41. The predicted molar refractivity (Wildman–Crippen MR) is 69.8 cm³/mol. The second kappa shape index (κ2) is 4.25. The fourth-order valence-corrected chi connectivity index (χ4v) is 2.88. The Balaban J connectivity index is 2.59. The quantitative estimate of drug-likeness (QED) is 0.774. The van der Waals surface area contributed by atoms with Crippen molar-refractivity contribution in [3.8, 4) is 0 Å². The van der Waals surface area contributed by atoms with Crippen molar-refractivity contribution in [3.63, 3.8) is 0 Å². The molecule has 6 nitrogen and oxygen atoms in total. The molecule has 0 spiro atoms. The van der Waals surface area contributed by atoms with Crippen molar-refractivity contribution in [1.29, 1.82) is 0 Å². The van der Waals surface area contributed by atoms with Crippen LogP contribution >= 0.6 is 0 Å². The SMILES string of the molecule is CN1C(=O)CN(S(=O)(=O)N(C)C)c2ccccc21. The molecule has 0 aromatic heterocycles. The number of amides is 1. The molecule has 0 bridgehead atoms. The standard InChI is InChI=1S/C11H15N3O3S/c1-12(2)18(16,17)14-8-11(15)13(3)9-6-4-5-7-10(9)14/h4-7H,8H2,1-3H3. The highest BCUT2D eigenvalue weighted by Gasteiger charge is 2.34. The second-order valence-electron chi connectivity index (χ2n) is 4.24. The summed E-state index contributed by atoms with van der Waals surface area (Å²) in [5.41, 5.74) is 1.12. The third-order valence-electron chi connectivity index (χ3n) is 2.90. The molecule has 0 radical (unpaired) electrons. The molecule has 1 amide bonds. The number of carbonyl (C=O) groups is 1. The molecule has 7 heteroatoms. The molecule has 0 aliphatic carbocycles. The highest BCUT2D eigenvalue weighted by molar-refractivity contribution is 7.90. The molecule has 1 aliphatic heterocycles. The lowest BCUT2D eigenvalue weighted by Gasteiger charge is -2.35. The number of carbonyl (C=O) groups excluding carboxylic acids is 1. The van der Waals surface area contributed by atoms with E-state index in [0.29, 0.717) is 11.4 Å². The van der Waals surface area contributed by atoms with E-state index in [-0.39, 0.29) is 12.5 Å². The number of benzene rings is 1. The van der Waals surface area contributed by atoms with Crippen molar-refractivity contribution in [1.82, 2.24) is 4.31 Å². The summed E-state index contributed by atoms with van der Waals surface area (Å²) in [6.07, 6.45) is 0. The smallest absolute Gasteiger partial charge is 0.304 e. The lowest BCUT2D eigenvalue weighted by Crippen LogP contribution is -2.50. The lowest BCUT2D eigenvalue weighted by atomic mass is 10.2. The topological polar surface area (TPSA) is 60.9 Å². The highest BCUT2D eigenvalue weighted by Crippen LogP contribution is 2.34. The summed E-state index contributed by atoms with van der Waals surface area (Å²) in [4.78, 5) is 13.3. The van der Waals surface area contributed by atoms with Crippen molar-refractivity contribution < 1.29 is 13.2 Å². The molecule has 2 rings (SSSR count). The minimum absolute atomic E-state index is 0.173. The maximum atomic E-state index is 12.2. The van der Waals surface area contributed by atoms with E-state index in [0.717, 1.165) is 8.61 Å². The van der Waals surface area contributed by atoms with Crippen molar-refractivity contribution >= 4 is 27.5 Å². The molecule has 0 saturated carbocycles. The van der Waals surface area contributed by atoms with Crippen molar-refractivity contribution in [2.45, 2.75) is 0 Å². The number of fused-ring (bicyclic) bond motifs is 1. The molecule has 1 heterocycles. The lowest BCUT2D eigenvalue weighted by molar-refractivity contribution is -0.117. The molecule has 0 atom stereocenters. The Hall–Kier alpha value is -1.60. The summed E-state index contributed by atoms with van der Waals surface area (Å²) in [5, 5.41) is 0. The molecule has 0 saturated heterocycles. The summed E-state index contributed by atoms with van der Waals surface area (Å²) in [7, 11) is 0.879. The molecule has 0 unspecified atom stereocenters. The van der Waals surface area contributed by atoms with Crippen LogP contribution in [0.5, 0.6) is 0 Å². The number of para-hydroxylation sites is 2. The van der Waals surface area contributed by atoms with E-state index < -0.39 is 10.2 Å². The van der Waals surface area contributed by atoms with Gasteiger partial charge in [0, 0.05) is 21.1 Å². The Bertz CT molecular complexity index is 583. The Kier molecular flexibility index (Phi) is 3.04. The van der Waals surface area contributed by atoms with E-state index in [1.165, 1.54) is 19.0 Å². The van der Waals surface area contributed by atoms with Crippen LogP contribution in [-0.2, 0) is 15.0 Å². The predicted octanol–water partition coefficient (Wildman–Crippen LogP) is 0.276. The van der Waals surface area contributed by atoms with Gasteiger partial charge in [-0.3, -0.25) is 4.79 Å². The van der Waals surface area contributed by atoms with E-state index in [9.17, 15) is 13.2 Å². The molecule has 1 aliphatic rings. The van der Waals surface area contributed by atoms with Crippen LogP contribution in [0.15, 0.2) is 24.3 Å². The average molecular weight is 269 g/mol. The minimum atomic E-state index is -3.65. The fourth-order valence-electron chi connectivity index (χ4n) is 1.81. The van der Waals surface area contributed by atoms with Crippen molar-refractivity contribution in [2.75, 3.05) is 36.9 Å². The average Bonchev–Trinajstić information content (AvgIpc) is 2.33. The van der Waals surface area contributed by atoms with Gasteiger partial charge in [-0.2, -0.15) is 12.7 Å². The second-order valence-corrected chi connectivity index (χ2v) is 6.31. The van der Waals surface area contributed by atoms with Gasteiger partial charge in [-0.05, 0) is 12.1 Å². The Morgan fingerprint density at radius 3 is 2.28 bits per heavy atom. The maximum Gasteiger partial charge on any atom is 0.304 e. The van der Waals surface area contributed by atoms with Crippen LogP contribution in [0, 0.1) is 0 Å². The molecule has 0 N–H and O–H groups in total. The van der Waals surface area contributed by atoms with Crippen molar-refractivity contribution in [3.05, 3.63) is 24.3 Å². The zero-order chi connectivity index (χ0) is 13.5. The first-order chi connectivity index (χ1) is 8.35. The molecule has 1 aromatic rings. The number of hydrogen-bond acceptors (Lipinski definition) is 3. The Morgan fingerprint density at radius 2 is 1.72 bits per heavy atom. The van der Waals surface area contributed by atoms with E-state index in [2.05, 4.69) is 0 Å². The first-order valence-corrected chi connectivity index (χ1v) is 6.81. The first kappa shape index (κ1) is 12.8. The highest BCUT2D eigenvalue weighted by atomic mass is 32.2. The summed E-state index contributed by atoms with van der Waals surface area (Å²) in [6.45, 7) is -0.173. The Morgan fingerprint density at radius 1 is 1.17 bits per heavy atom. The summed E-state index contributed by atoms with van der Waals surface area (Å²) in [6, 6.07) is 6.94. The monoisotopic (exact) mass is 269 g/mol. The van der Waals surface area contributed by atoms with Gasteiger partial charge in [0.25, 0.3) is 0 Å². The Labute approximate surface area is 107 Å². The normalized spacial score (nSPS) is 16.1. The van der Waals surface area contributed by atoms with Crippen LogP contribution in [0.1, 0.15) is 0 Å². The van der Waals surface area contributed by atoms with E-state index in [1.54, 1.807) is 31.3 Å². The number of nitrogens with zero attached hydrogens (tertiary/aromatic N) is 3. The van der Waals surface area contributed by atoms with Crippen molar-refractivity contribution in [2.24, 2.45) is 0 Å². The van der Waals surface area contributed by atoms with Crippen LogP contribution in [0.3, 0.4) is 0 Å². The summed E-state index contributed by atoms with van der Waals surface area (Å²) < 4.78 is 26.6. The van der Waals surface area contributed by atoms with Gasteiger partial charge in [-0.1, -0.05) is 12.1 Å². The van der Waals surface area contributed by atoms with Gasteiger partial charge in [0.15, 0.2) is 0 Å². The van der Waals surface area contributed by atoms with Crippen LogP contribution < -0.4 is 9.21 Å². The van der Waals surface area contributed by atoms with E-state index >= 15 is 0 Å². The third kappa shape index (κ3) is 1.85. The van der Waals surface area contributed by atoms with Gasteiger partial charge in [0.05, 0.1) is 11.4 Å². The van der Waals surface area contributed by atoms with Crippen LogP contribution in [-0.4, -0.2) is 46.3 Å². The van der Waals surface area contributed by atoms with Gasteiger partial charge >= 0.3 is 10.2 Å². The minimum Gasteiger partial charge on any atom is -0.312 e. The molecule has 0 fully saturated rings. The molecular weight excluding hydrogens is 254 g/mol. The van der Waals surface area contributed by atoms with Gasteiger partial charge in [-0.25, -0.2) is 4.31 Å². The molecule has 98 valence electrons. The summed E-state index contributed by atoms with van der Waals surface area (Å²) >= 11 is 0. The van der Waals surface area contributed by atoms with Crippen LogP contribution in [0.25, 0.3) is 0 Å². The number of rotatable bonds is 2. The summed E-state index contributed by atoms with van der Waals surface area (Å²) in [5.74, 6) is -0.251. The van der Waals surface area contributed by atoms with Gasteiger partial charge in [0.2, 0.25) is 5.91 Å². The van der Waals surface area contributed by atoms with E-state index in [1.807, 2.05) is 0 Å².